The zero-order chi connectivity index (χ0) is 13.2. The highest BCUT2D eigenvalue weighted by atomic mass is 16.2. The van der Waals surface area contributed by atoms with Crippen LogP contribution in [0.4, 0.5) is 0 Å². The summed E-state index contributed by atoms with van der Waals surface area (Å²) in [6.07, 6.45) is 3.64. The van der Waals surface area contributed by atoms with E-state index in [1.807, 2.05) is 0 Å². The highest BCUT2D eigenvalue weighted by Gasteiger charge is 2.26. The van der Waals surface area contributed by atoms with E-state index in [9.17, 15) is 9.59 Å². The Morgan fingerprint density at radius 3 is 2.47 bits per heavy atom. The van der Waals surface area contributed by atoms with E-state index in [1.165, 1.54) is 24.0 Å². The molecule has 1 aliphatic heterocycles. The topological polar surface area (TPSA) is 58.2 Å². The second-order valence-corrected chi connectivity index (χ2v) is 5.40. The first-order chi connectivity index (χ1) is 9.22. The lowest BCUT2D eigenvalue weighted by molar-refractivity contribution is -0.134. The summed E-state index contributed by atoms with van der Waals surface area (Å²) < 4.78 is 0. The summed E-state index contributed by atoms with van der Waals surface area (Å²) in [5.74, 6) is 0.403. The van der Waals surface area contributed by atoms with Gasteiger partial charge in [-0.1, -0.05) is 24.3 Å². The molecule has 1 heterocycles. The van der Waals surface area contributed by atoms with Crippen LogP contribution >= 0.6 is 0 Å². The second-order valence-electron chi connectivity index (χ2n) is 5.40. The standard InChI is InChI=1S/C15H18N2O2/c18-14-8-7-13(15(19)17-14)16-9-10-1-3-11(4-2-10)12-5-6-12/h1-4,12-13,16H,5-9H2,(H,17,18,19). The molecule has 1 aromatic rings. The Labute approximate surface area is 112 Å². The number of hydrogen-bond donors (Lipinski definition) is 2. The maximum absolute atomic E-state index is 11.6. The Bertz CT molecular complexity index is 491. The molecular weight excluding hydrogens is 240 g/mol. The van der Waals surface area contributed by atoms with E-state index in [2.05, 4.69) is 34.9 Å². The fourth-order valence-electron chi connectivity index (χ4n) is 2.45. The van der Waals surface area contributed by atoms with E-state index in [1.54, 1.807) is 0 Å². The fourth-order valence-corrected chi connectivity index (χ4v) is 2.45. The maximum atomic E-state index is 11.6. The van der Waals surface area contributed by atoms with Gasteiger partial charge in [0.05, 0.1) is 6.04 Å². The normalized spacial score (nSPS) is 23.3. The first-order valence-corrected chi connectivity index (χ1v) is 6.88. The molecular formula is C15H18N2O2. The molecule has 1 saturated carbocycles. The summed E-state index contributed by atoms with van der Waals surface area (Å²) in [4.78, 5) is 22.6. The summed E-state index contributed by atoms with van der Waals surface area (Å²) in [5, 5.41) is 5.57. The Morgan fingerprint density at radius 1 is 1.11 bits per heavy atom. The lowest BCUT2D eigenvalue weighted by atomic mass is 10.0. The number of piperidine rings is 1. The van der Waals surface area contributed by atoms with E-state index in [0.29, 0.717) is 19.4 Å². The minimum Gasteiger partial charge on any atom is -0.302 e. The zero-order valence-corrected chi connectivity index (χ0v) is 10.8. The third-order valence-electron chi connectivity index (χ3n) is 3.82. The number of benzene rings is 1. The Hall–Kier alpha value is -1.68. The predicted octanol–water partition coefficient (Wildman–Crippen LogP) is 1.46. The van der Waals surface area contributed by atoms with Crippen LogP contribution < -0.4 is 10.6 Å². The number of hydrogen-bond acceptors (Lipinski definition) is 3. The molecule has 19 heavy (non-hydrogen) atoms. The van der Waals surface area contributed by atoms with Crippen LogP contribution in [-0.2, 0) is 16.1 Å². The van der Waals surface area contributed by atoms with Crippen LogP contribution in [0.2, 0.25) is 0 Å². The van der Waals surface area contributed by atoms with Crippen LogP contribution in [0, 0.1) is 0 Å². The molecule has 2 N–H and O–H groups in total. The molecule has 0 aromatic heterocycles. The minimum absolute atomic E-state index is 0.170. The Balaban J connectivity index is 1.53. The molecule has 3 rings (SSSR count). The molecule has 4 heteroatoms. The third kappa shape index (κ3) is 3.01. The Kier molecular flexibility index (Phi) is 3.34. The van der Waals surface area contributed by atoms with Gasteiger partial charge in [-0.15, -0.1) is 0 Å². The van der Waals surface area contributed by atoms with Crippen molar-refractivity contribution in [1.82, 2.24) is 10.6 Å². The van der Waals surface area contributed by atoms with Crippen LogP contribution in [0.25, 0.3) is 0 Å². The summed E-state index contributed by atoms with van der Waals surface area (Å²) >= 11 is 0. The number of carbonyl (C=O) groups excluding carboxylic acids is 2. The molecule has 4 nitrogen and oxygen atoms in total. The molecule has 2 aliphatic rings. The van der Waals surface area contributed by atoms with Crippen molar-refractivity contribution < 1.29 is 9.59 Å². The zero-order valence-electron chi connectivity index (χ0n) is 10.8. The molecule has 0 radical (unpaired) electrons. The van der Waals surface area contributed by atoms with Gasteiger partial charge in [0.2, 0.25) is 11.8 Å². The largest absolute Gasteiger partial charge is 0.302 e. The maximum Gasteiger partial charge on any atom is 0.243 e. The van der Waals surface area contributed by atoms with E-state index in [-0.39, 0.29) is 17.9 Å². The lowest BCUT2D eigenvalue weighted by Gasteiger charge is -2.21. The average molecular weight is 258 g/mol. The van der Waals surface area contributed by atoms with Crippen molar-refractivity contribution >= 4 is 11.8 Å². The number of imide groups is 1. The van der Waals surface area contributed by atoms with Gasteiger partial charge in [-0.25, -0.2) is 0 Å². The number of rotatable bonds is 4. The predicted molar refractivity (Wildman–Crippen MR) is 71.4 cm³/mol. The molecule has 1 aliphatic carbocycles. The SMILES string of the molecule is O=C1CCC(NCc2ccc(C3CC3)cc2)C(=O)N1. The van der Waals surface area contributed by atoms with Crippen LogP contribution in [0.1, 0.15) is 42.7 Å². The number of carbonyl (C=O) groups is 2. The Morgan fingerprint density at radius 2 is 1.84 bits per heavy atom. The molecule has 1 aromatic carbocycles. The van der Waals surface area contributed by atoms with Crippen LogP contribution in [0.5, 0.6) is 0 Å². The minimum atomic E-state index is -0.249. The van der Waals surface area contributed by atoms with Crippen LogP contribution in [0.15, 0.2) is 24.3 Å². The quantitative estimate of drug-likeness (QED) is 0.804. The lowest BCUT2D eigenvalue weighted by Crippen LogP contribution is -2.50. The van der Waals surface area contributed by atoms with Gasteiger partial charge in [0, 0.05) is 13.0 Å². The van der Waals surface area contributed by atoms with Gasteiger partial charge in [0.15, 0.2) is 0 Å². The van der Waals surface area contributed by atoms with Crippen molar-refractivity contribution in [2.45, 2.75) is 44.2 Å². The summed E-state index contributed by atoms with van der Waals surface area (Å²) in [6, 6.07) is 8.35. The molecule has 2 amide bonds. The van der Waals surface area contributed by atoms with Crippen molar-refractivity contribution in [3.63, 3.8) is 0 Å². The highest BCUT2D eigenvalue weighted by Crippen LogP contribution is 2.39. The van der Waals surface area contributed by atoms with Crippen LogP contribution in [0.3, 0.4) is 0 Å². The van der Waals surface area contributed by atoms with E-state index >= 15 is 0 Å². The van der Waals surface area contributed by atoms with Crippen molar-refractivity contribution in [2.24, 2.45) is 0 Å². The van der Waals surface area contributed by atoms with Crippen molar-refractivity contribution in [2.75, 3.05) is 0 Å². The average Bonchev–Trinajstić information content (AvgIpc) is 3.23. The van der Waals surface area contributed by atoms with Gasteiger partial charge < -0.3 is 5.32 Å². The molecule has 100 valence electrons. The highest BCUT2D eigenvalue weighted by molar-refractivity contribution is 6.00. The van der Waals surface area contributed by atoms with Gasteiger partial charge in [0.1, 0.15) is 0 Å². The monoisotopic (exact) mass is 258 g/mol. The molecule has 1 atom stereocenters. The van der Waals surface area contributed by atoms with Gasteiger partial charge in [-0.2, -0.15) is 0 Å². The summed E-state index contributed by atoms with van der Waals surface area (Å²) in [7, 11) is 0. The van der Waals surface area contributed by atoms with Crippen LogP contribution in [-0.4, -0.2) is 17.9 Å². The molecule has 1 saturated heterocycles. The summed E-state index contributed by atoms with van der Waals surface area (Å²) in [6.45, 7) is 0.664. The van der Waals surface area contributed by atoms with E-state index < -0.39 is 0 Å². The van der Waals surface area contributed by atoms with Gasteiger partial charge in [-0.05, 0) is 36.3 Å². The number of nitrogens with one attached hydrogen (secondary N) is 2. The fraction of sp³-hybridized carbons (Fsp3) is 0.467. The van der Waals surface area contributed by atoms with Crippen molar-refractivity contribution in [3.8, 4) is 0 Å². The number of amides is 2. The first-order valence-electron chi connectivity index (χ1n) is 6.88. The second kappa shape index (κ2) is 5.13. The first kappa shape index (κ1) is 12.4. The van der Waals surface area contributed by atoms with E-state index in [4.69, 9.17) is 0 Å². The summed E-state index contributed by atoms with van der Waals surface area (Å²) in [5.41, 5.74) is 2.60. The van der Waals surface area contributed by atoms with Gasteiger partial charge in [0.25, 0.3) is 0 Å². The van der Waals surface area contributed by atoms with Crippen molar-refractivity contribution in [1.29, 1.82) is 0 Å². The van der Waals surface area contributed by atoms with Gasteiger partial charge in [-0.3, -0.25) is 14.9 Å². The smallest absolute Gasteiger partial charge is 0.243 e. The van der Waals surface area contributed by atoms with E-state index in [0.717, 1.165) is 5.92 Å². The molecule has 1 unspecified atom stereocenters. The van der Waals surface area contributed by atoms with Crippen molar-refractivity contribution in [3.05, 3.63) is 35.4 Å². The molecule has 0 spiro atoms. The molecule has 2 fully saturated rings. The van der Waals surface area contributed by atoms with Gasteiger partial charge >= 0.3 is 0 Å². The molecule has 0 bridgehead atoms. The third-order valence-corrected chi connectivity index (χ3v) is 3.82.